The summed E-state index contributed by atoms with van der Waals surface area (Å²) in [4.78, 5) is 5.51. The van der Waals surface area contributed by atoms with Crippen LogP contribution in [-0.2, 0) is 6.54 Å². The minimum atomic E-state index is 0.340. The molecule has 0 fully saturated rings. The molecule has 2 heterocycles. The molecule has 5 nitrogen and oxygen atoms in total. The Morgan fingerprint density at radius 2 is 2.38 bits per heavy atom. The van der Waals surface area contributed by atoms with Crippen LogP contribution in [0.4, 0.5) is 5.13 Å². The number of hydrogen-bond acceptors (Lipinski definition) is 6. The van der Waals surface area contributed by atoms with Crippen LogP contribution in [0.2, 0.25) is 5.15 Å². The number of nitrogens with zero attached hydrogens (tertiary/aromatic N) is 5. The first kappa shape index (κ1) is 10.8. The predicted molar refractivity (Wildman–Crippen MR) is 61.0 cm³/mol. The van der Waals surface area contributed by atoms with Gasteiger partial charge >= 0.3 is 0 Å². The summed E-state index contributed by atoms with van der Waals surface area (Å²) in [5.41, 5.74) is 2.29. The highest BCUT2D eigenvalue weighted by Gasteiger charge is 2.10. The zero-order valence-corrected chi connectivity index (χ0v) is 9.61. The monoisotopic (exact) mass is 251 g/mol. The molecule has 0 aromatic carbocycles. The third-order valence-corrected chi connectivity index (χ3v) is 2.72. The van der Waals surface area contributed by atoms with Gasteiger partial charge in [0, 0.05) is 0 Å². The van der Waals surface area contributed by atoms with E-state index in [1.165, 1.54) is 16.2 Å². The topological polar surface area (TPSA) is 65.7 Å². The number of aromatic nitrogens is 3. The average Bonchev–Trinajstić information content (AvgIpc) is 2.79. The molecule has 0 aliphatic carbocycles. The van der Waals surface area contributed by atoms with E-state index in [1.807, 2.05) is 6.19 Å². The first-order valence-corrected chi connectivity index (χ1v) is 5.60. The van der Waals surface area contributed by atoms with Crippen molar-refractivity contribution in [3.63, 3.8) is 0 Å². The third-order valence-electron chi connectivity index (χ3n) is 1.79. The summed E-state index contributed by atoms with van der Waals surface area (Å²) in [5, 5.41) is 17.4. The molecule has 0 unspecified atom stereocenters. The van der Waals surface area contributed by atoms with Crippen LogP contribution in [0, 0.1) is 11.5 Å². The first-order valence-electron chi connectivity index (χ1n) is 4.34. The molecule has 0 N–H and O–H groups in total. The highest BCUT2D eigenvalue weighted by molar-refractivity contribution is 7.13. The van der Waals surface area contributed by atoms with Gasteiger partial charge in [0.2, 0.25) is 5.13 Å². The van der Waals surface area contributed by atoms with Gasteiger partial charge < -0.3 is 0 Å². The zero-order valence-electron chi connectivity index (χ0n) is 8.04. The Hall–Kier alpha value is -1.71. The summed E-state index contributed by atoms with van der Waals surface area (Å²) in [6.45, 7) is 0.340. The molecule has 0 atom stereocenters. The quantitative estimate of drug-likeness (QED) is 0.475. The van der Waals surface area contributed by atoms with Crippen LogP contribution in [-0.4, -0.2) is 15.2 Å². The van der Waals surface area contributed by atoms with Crippen LogP contribution in [0.1, 0.15) is 5.69 Å². The van der Waals surface area contributed by atoms with Gasteiger partial charge in [-0.05, 0) is 12.1 Å². The van der Waals surface area contributed by atoms with E-state index in [9.17, 15) is 0 Å². The van der Waals surface area contributed by atoms with E-state index < -0.39 is 0 Å². The van der Waals surface area contributed by atoms with Gasteiger partial charge in [0.1, 0.15) is 10.7 Å². The van der Waals surface area contributed by atoms with Crippen molar-refractivity contribution in [2.75, 3.05) is 4.90 Å². The molecule has 0 amide bonds. The maximum absolute atomic E-state index is 8.98. The maximum Gasteiger partial charge on any atom is 0.221 e. The van der Waals surface area contributed by atoms with Crippen LogP contribution < -0.4 is 4.90 Å². The minimum absolute atomic E-state index is 0.340. The fourth-order valence-corrected chi connectivity index (χ4v) is 1.83. The van der Waals surface area contributed by atoms with Crippen LogP contribution in [0.5, 0.6) is 0 Å². The molecule has 0 saturated carbocycles. The number of pyridine rings is 1. The summed E-state index contributed by atoms with van der Waals surface area (Å²) < 4.78 is 0. The third kappa shape index (κ3) is 2.45. The largest absolute Gasteiger partial charge is 0.247 e. The van der Waals surface area contributed by atoms with E-state index in [0.29, 0.717) is 22.5 Å². The van der Waals surface area contributed by atoms with E-state index >= 15 is 0 Å². The Balaban J connectivity index is 2.17. The Bertz CT molecular complexity index is 507. The molecular formula is C9H6ClN5S. The lowest BCUT2D eigenvalue weighted by Crippen LogP contribution is -2.16. The number of anilines is 1. The van der Waals surface area contributed by atoms with Crippen molar-refractivity contribution in [2.24, 2.45) is 0 Å². The number of rotatable bonds is 3. The normalized spacial score (nSPS) is 9.75. The molecule has 2 aromatic heterocycles. The van der Waals surface area contributed by atoms with E-state index in [4.69, 9.17) is 16.9 Å². The summed E-state index contributed by atoms with van der Waals surface area (Å²) in [7, 11) is 0. The fraction of sp³-hybridized carbons (Fsp3) is 0.111. The van der Waals surface area contributed by atoms with Crippen LogP contribution in [0.15, 0.2) is 23.7 Å². The van der Waals surface area contributed by atoms with Gasteiger partial charge in [-0.3, -0.25) is 0 Å². The van der Waals surface area contributed by atoms with Gasteiger partial charge in [0.15, 0.2) is 6.19 Å². The molecule has 0 aliphatic heterocycles. The molecule has 2 aromatic rings. The Morgan fingerprint density at radius 3 is 3.00 bits per heavy atom. The maximum atomic E-state index is 8.98. The van der Waals surface area contributed by atoms with Crippen molar-refractivity contribution in [3.8, 4) is 6.19 Å². The van der Waals surface area contributed by atoms with Gasteiger partial charge in [-0.1, -0.05) is 29.0 Å². The molecule has 2 rings (SSSR count). The standard InChI is InChI=1S/C9H6ClN5S/c10-8-3-1-2-7(13-8)4-15(5-11)9-14-12-6-16-9/h1-3,6H,4H2. The van der Waals surface area contributed by atoms with E-state index in [2.05, 4.69) is 15.2 Å². The highest BCUT2D eigenvalue weighted by atomic mass is 35.5. The SMILES string of the molecule is N#CN(Cc1cccc(Cl)n1)c1nncs1. The number of nitriles is 1. The molecule has 0 radical (unpaired) electrons. The Labute approximate surface area is 101 Å². The van der Waals surface area contributed by atoms with Gasteiger partial charge in [-0.2, -0.15) is 5.26 Å². The van der Waals surface area contributed by atoms with Crippen LogP contribution in [0.3, 0.4) is 0 Å². The van der Waals surface area contributed by atoms with Crippen molar-refractivity contribution in [2.45, 2.75) is 6.54 Å². The average molecular weight is 252 g/mol. The number of hydrogen-bond donors (Lipinski definition) is 0. The summed E-state index contributed by atoms with van der Waals surface area (Å²) >= 11 is 7.06. The van der Waals surface area contributed by atoms with Gasteiger partial charge in [0.05, 0.1) is 12.2 Å². The fourth-order valence-electron chi connectivity index (χ4n) is 1.13. The van der Waals surface area contributed by atoms with Gasteiger partial charge in [-0.15, -0.1) is 10.2 Å². The van der Waals surface area contributed by atoms with Crippen molar-refractivity contribution in [1.82, 2.24) is 15.2 Å². The molecular weight excluding hydrogens is 246 g/mol. The van der Waals surface area contributed by atoms with Crippen LogP contribution in [0.25, 0.3) is 0 Å². The lowest BCUT2D eigenvalue weighted by atomic mass is 10.3. The second kappa shape index (κ2) is 4.88. The van der Waals surface area contributed by atoms with Gasteiger partial charge in [-0.25, -0.2) is 9.88 Å². The first-order chi connectivity index (χ1) is 7.79. The minimum Gasteiger partial charge on any atom is -0.247 e. The number of halogens is 1. The van der Waals surface area contributed by atoms with E-state index in [1.54, 1.807) is 23.7 Å². The van der Waals surface area contributed by atoms with Crippen molar-refractivity contribution in [3.05, 3.63) is 34.6 Å². The molecule has 16 heavy (non-hydrogen) atoms. The smallest absolute Gasteiger partial charge is 0.221 e. The predicted octanol–water partition coefficient (Wildman–Crippen LogP) is 2.07. The lowest BCUT2D eigenvalue weighted by Gasteiger charge is -2.10. The van der Waals surface area contributed by atoms with Gasteiger partial charge in [0.25, 0.3) is 0 Å². The van der Waals surface area contributed by atoms with E-state index in [0.717, 1.165) is 0 Å². The highest BCUT2D eigenvalue weighted by Crippen LogP contribution is 2.17. The second-order valence-electron chi connectivity index (χ2n) is 2.86. The summed E-state index contributed by atoms with van der Waals surface area (Å²) in [5.74, 6) is 0. The summed E-state index contributed by atoms with van der Waals surface area (Å²) in [6, 6.07) is 5.28. The molecule has 80 valence electrons. The molecule has 0 bridgehead atoms. The van der Waals surface area contributed by atoms with Crippen LogP contribution >= 0.6 is 22.9 Å². The summed E-state index contributed by atoms with van der Waals surface area (Å²) in [6.07, 6.45) is 2.03. The zero-order chi connectivity index (χ0) is 11.4. The van der Waals surface area contributed by atoms with Crippen molar-refractivity contribution >= 4 is 28.1 Å². The van der Waals surface area contributed by atoms with E-state index in [-0.39, 0.29) is 0 Å². The molecule has 0 saturated heterocycles. The molecule has 0 spiro atoms. The second-order valence-corrected chi connectivity index (χ2v) is 4.06. The Kier molecular flexibility index (Phi) is 3.29. The molecule has 7 heteroatoms. The lowest BCUT2D eigenvalue weighted by molar-refractivity contribution is 0.905. The molecule has 0 aliphatic rings. The van der Waals surface area contributed by atoms with Crippen molar-refractivity contribution < 1.29 is 0 Å². The Morgan fingerprint density at radius 1 is 1.50 bits per heavy atom. The van der Waals surface area contributed by atoms with Crippen molar-refractivity contribution in [1.29, 1.82) is 5.26 Å².